The Bertz CT molecular complexity index is 1290. The Morgan fingerprint density at radius 3 is 2.72 bits per heavy atom. The van der Waals surface area contributed by atoms with Gasteiger partial charge in [-0.25, -0.2) is 11.4 Å². The lowest BCUT2D eigenvalue weighted by Gasteiger charge is -2.36. The summed E-state index contributed by atoms with van der Waals surface area (Å²) in [7, 11) is 0. The Morgan fingerprint density at radius 2 is 2.05 bits per heavy atom. The van der Waals surface area contributed by atoms with E-state index in [1.807, 2.05) is 13.8 Å². The largest absolute Gasteiger partial charge is 0.398 e. The number of carbonyl (C=O) groups is 1. The average Bonchev–Trinajstić information content (AvgIpc) is 3.38. The summed E-state index contributed by atoms with van der Waals surface area (Å²) in [6, 6.07) is 6.29. The predicted molar refractivity (Wildman–Crippen MR) is 160 cm³/mol. The van der Waals surface area contributed by atoms with Gasteiger partial charge in [-0.3, -0.25) is 4.79 Å². The fourth-order valence-corrected chi connectivity index (χ4v) is 8.52. The van der Waals surface area contributed by atoms with Crippen molar-refractivity contribution in [1.29, 1.82) is 5.26 Å². The topological polar surface area (TPSA) is 159 Å². The van der Waals surface area contributed by atoms with Crippen LogP contribution < -0.4 is 28.2 Å². The highest BCUT2D eigenvalue weighted by Gasteiger charge is 2.60. The van der Waals surface area contributed by atoms with Gasteiger partial charge in [-0.2, -0.15) is 10.4 Å². The molecule has 0 radical (unpaired) electrons. The van der Waals surface area contributed by atoms with Crippen molar-refractivity contribution >= 4 is 40.1 Å². The van der Waals surface area contributed by atoms with Crippen LogP contribution in [0, 0.1) is 23.2 Å². The normalized spacial score (nSPS) is 27.6. The predicted octanol–water partition coefficient (Wildman–Crippen LogP) is 3.01. The molecule has 39 heavy (non-hydrogen) atoms. The second-order valence-electron chi connectivity index (χ2n) is 10.4. The smallest absolute Gasteiger partial charge is 0.237 e. The molecule has 3 heterocycles. The maximum atomic E-state index is 13.2. The molecule has 2 aromatic rings. The molecule has 11 heteroatoms. The summed E-state index contributed by atoms with van der Waals surface area (Å²) in [5.74, 6) is 6.89. The van der Waals surface area contributed by atoms with Crippen LogP contribution in [0.2, 0.25) is 0 Å². The molecule has 4 unspecified atom stereocenters. The number of nitrogens with two attached hydrogens (primary N) is 3. The van der Waals surface area contributed by atoms with Gasteiger partial charge in [0.1, 0.15) is 11.9 Å². The summed E-state index contributed by atoms with van der Waals surface area (Å²) < 4.78 is 0. The first-order valence-corrected chi connectivity index (χ1v) is 15.3. The zero-order chi connectivity index (χ0) is 28.5. The first kappa shape index (κ1) is 29.1. The highest BCUT2D eigenvalue weighted by atomic mass is 32.1. The standard InChI is InChI=1S/C26H34N8OS2.C2H6/c1-13(31-12-23(35)34-16(11-27)8-17-14(2)24(17)34)10-26(25(29)32-33-30)18-6-7-36-20(18)4-5-21-19(26)9-22(37-21)15(3)28;1-2/h6-7,9,13-14,16-17,24,31,33H,3-5,8,10,12,28,30H2,1-2H3,(H2,29,32);1-2H3/t13?,14-,16-,17?,24?,26?;/m0./s1. The molecule has 2 aliphatic carbocycles. The molecule has 0 aromatic carbocycles. The van der Waals surface area contributed by atoms with Crippen LogP contribution in [-0.4, -0.2) is 41.3 Å². The molecular formula is C28H40N8OS2. The van der Waals surface area contributed by atoms with Crippen LogP contribution in [0.5, 0.6) is 0 Å². The van der Waals surface area contributed by atoms with Gasteiger partial charge in [-0.05, 0) is 73.1 Å². The molecule has 2 aromatic heterocycles. The number of hydrazine groups is 1. The third-order valence-corrected chi connectivity index (χ3v) is 10.6. The zero-order valence-electron chi connectivity index (χ0n) is 23.2. The van der Waals surface area contributed by atoms with Crippen molar-refractivity contribution in [2.75, 3.05) is 6.54 Å². The third kappa shape index (κ3) is 5.07. The molecular weight excluding hydrogens is 528 g/mol. The Hall–Kier alpha value is -2.91. The summed E-state index contributed by atoms with van der Waals surface area (Å²) in [6.07, 6.45) is 3.11. The van der Waals surface area contributed by atoms with E-state index < -0.39 is 5.41 Å². The number of aryl methyl sites for hydroxylation is 2. The lowest BCUT2D eigenvalue weighted by Crippen LogP contribution is -2.50. The molecule has 2 fully saturated rings. The first-order chi connectivity index (χ1) is 18.7. The minimum Gasteiger partial charge on any atom is -0.398 e. The van der Waals surface area contributed by atoms with E-state index in [0.717, 1.165) is 35.3 Å². The number of fused-ring (bicyclic) bond motifs is 3. The van der Waals surface area contributed by atoms with Gasteiger partial charge in [-0.1, -0.05) is 27.4 Å². The molecule has 5 rings (SSSR count). The van der Waals surface area contributed by atoms with E-state index in [1.54, 1.807) is 27.6 Å². The molecule has 210 valence electrons. The molecule has 6 atom stereocenters. The molecule has 1 amide bonds. The first-order valence-electron chi connectivity index (χ1n) is 13.6. The van der Waals surface area contributed by atoms with Crippen molar-refractivity contribution in [1.82, 2.24) is 15.8 Å². The fraction of sp³-hybridized carbons (Fsp3) is 0.536. The number of amidine groups is 1. The third-order valence-electron chi connectivity index (χ3n) is 8.31. The molecule has 0 bridgehead atoms. The van der Waals surface area contributed by atoms with E-state index in [0.29, 0.717) is 29.8 Å². The summed E-state index contributed by atoms with van der Waals surface area (Å²) in [6.45, 7) is 12.3. The molecule has 3 aliphatic rings. The summed E-state index contributed by atoms with van der Waals surface area (Å²) in [5.41, 5.74) is 17.2. The number of hydrogen-bond acceptors (Lipinski definition) is 9. The molecule has 0 spiro atoms. The number of amides is 1. The van der Waals surface area contributed by atoms with Crippen LogP contribution in [0.15, 0.2) is 29.2 Å². The van der Waals surface area contributed by atoms with Crippen LogP contribution in [0.1, 0.15) is 66.3 Å². The van der Waals surface area contributed by atoms with Crippen molar-refractivity contribution in [2.24, 2.45) is 34.2 Å². The van der Waals surface area contributed by atoms with Crippen molar-refractivity contribution in [3.8, 4) is 6.07 Å². The van der Waals surface area contributed by atoms with E-state index in [1.165, 1.54) is 9.75 Å². The van der Waals surface area contributed by atoms with Gasteiger partial charge in [0.2, 0.25) is 5.91 Å². The Kier molecular flexibility index (Phi) is 8.71. The maximum Gasteiger partial charge on any atom is 0.237 e. The lowest BCUT2D eigenvalue weighted by molar-refractivity contribution is -0.131. The summed E-state index contributed by atoms with van der Waals surface area (Å²) in [5, 5.41) is 19.4. The second kappa shape index (κ2) is 11.7. The second-order valence-corrected chi connectivity index (χ2v) is 12.6. The minimum absolute atomic E-state index is 0.0235. The maximum absolute atomic E-state index is 13.2. The molecule has 8 N–H and O–H groups in total. The number of thiophene rings is 2. The van der Waals surface area contributed by atoms with Gasteiger partial charge in [-0.15, -0.1) is 22.7 Å². The van der Waals surface area contributed by atoms with Crippen LogP contribution in [0.25, 0.3) is 5.70 Å². The highest BCUT2D eigenvalue weighted by molar-refractivity contribution is 7.13. The van der Waals surface area contributed by atoms with Gasteiger partial charge in [0.25, 0.3) is 0 Å². The number of hydrazone groups is 1. The summed E-state index contributed by atoms with van der Waals surface area (Å²) in [4.78, 5) is 18.4. The fourth-order valence-electron chi connectivity index (χ4n) is 6.44. The van der Waals surface area contributed by atoms with Gasteiger partial charge in [0.05, 0.1) is 18.0 Å². The quantitative estimate of drug-likeness (QED) is 0.142. The number of piperidine rings is 1. The zero-order valence-corrected chi connectivity index (χ0v) is 24.8. The number of nitriles is 1. The van der Waals surface area contributed by atoms with Crippen LogP contribution >= 0.6 is 22.7 Å². The lowest BCUT2D eigenvalue weighted by atomic mass is 9.70. The number of nitrogens with zero attached hydrogens (tertiary/aromatic N) is 3. The van der Waals surface area contributed by atoms with Gasteiger partial charge in [0.15, 0.2) is 0 Å². The van der Waals surface area contributed by atoms with E-state index >= 15 is 0 Å². The van der Waals surface area contributed by atoms with Crippen molar-refractivity contribution in [3.63, 3.8) is 0 Å². The van der Waals surface area contributed by atoms with E-state index in [9.17, 15) is 10.1 Å². The number of likely N-dealkylation sites (tertiary alicyclic amines) is 1. The number of carbonyl (C=O) groups excluding carboxylic acids is 1. The Labute approximate surface area is 239 Å². The van der Waals surface area contributed by atoms with Crippen LogP contribution in [0.4, 0.5) is 0 Å². The minimum atomic E-state index is -0.758. The number of hydrogen-bond donors (Lipinski definition) is 5. The van der Waals surface area contributed by atoms with Crippen molar-refractivity contribution in [2.45, 2.75) is 76.9 Å². The van der Waals surface area contributed by atoms with E-state index in [-0.39, 0.29) is 30.6 Å². The molecule has 1 aliphatic heterocycles. The van der Waals surface area contributed by atoms with Gasteiger partial charge < -0.3 is 21.7 Å². The average molecular weight is 569 g/mol. The molecule has 1 saturated heterocycles. The monoisotopic (exact) mass is 568 g/mol. The van der Waals surface area contributed by atoms with Gasteiger partial charge in [0, 0.05) is 32.4 Å². The summed E-state index contributed by atoms with van der Waals surface area (Å²) >= 11 is 3.36. The van der Waals surface area contributed by atoms with E-state index in [2.05, 4.69) is 60.0 Å². The molecule has 9 nitrogen and oxygen atoms in total. The Balaban J connectivity index is 0.00000172. The Morgan fingerprint density at radius 1 is 1.33 bits per heavy atom. The van der Waals surface area contributed by atoms with Crippen LogP contribution in [0.3, 0.4) is 0 Å². The SMILES string of the molecule is C=C(N)c1cc2c(s1)CCc1sccc1C2(CC(C)NCC(=O)N1C2C(C[C@H]1C#N)[C@@H]2C)/C(N)=N/NN.CC. The molecule has 1 saturated carbocycles. The number of rotatable bonds is 8. The highest BCUT2D eigenvalue weighted by Crippen LogP contribution is 2.53. The van der Waals surface area contributed by atoms with Crippen molar-refractivity contribution in [3.05, 3.63) is 49.9 Å². The van der Waals surface area contributed by atoms with E-state index in [4.69, 9.17) is 17.3 Å². The number of nitrogens with one attached hydrogen (secondary N) is 2. The van der Waals surface area contributed by atoms with Gasteiger partial charge >= 0.3 is 0 Å². The van der Waals surface area contributed by atoms with Crippen LogP contribution in [-0.2, 0) is 23.1 Å². The van der Waals surface area contributed by atoms with Crippen molar-refractivity contribution < 1.29 is 4.79 Å².